The summed E-state index contributed by atoms with van der Waals surface area (Å²) in [6.07, 6.45) is 23.4. The molecular weight excluding hydrogens is 248 g/mol. The van der Waals surface area contributed by atoms with Crippen LogP contribution in [0.25, 0.3) is 0 Å². The third-order valence-corrected chi connectivity index (χ3v) is 2.97. The van der Waals surface area contributed by atoms with E-state index in [0.29, 0.717) is 6.42 Å². The van der Waals surface area contributed by atoms with Gasteiger partial charge in [-0.1, -0.05) is 49.8 Å². The summed E-state index contributed by atoms with van der Waals surface area (Å²) in [6, 6.07) is 0. The van der Waals surface area contributed by atoms with E-state index in [9.17, 15) is 4.79 Å². The molecule has 0 aliphatic heterocycles. The summed E-state index contributed by atoms with van der Waals surface area (Å²) in [5, 5.41) is 8.49. The Labute approximate surface area is 124 Å². The Kier molecular flexibility index (Phi) is 14.7. The van der Waals surface area contributed by atoms with E-state index in [1.54, 1.807) is 0 Å². The Morgan fingerprint density at radius 1 is 0.750 bits per heavy atom. The summed E-state index contributed by atoms with van der Waals surface area (Å²) in [6.45, 7) is 2.20. The van der Waals surface area contributed by atoms with Crippen molar-refractivity contribution in [1.29, 1.82) is 0 Å². The lowest BCUT2D eigenvalue weighted by Gasteiger charge is -1.93. The van der Waals surface area contributed by atoms with Gasteiger partial charge in [0.25, 0.3) is 0 Å². The molecule has 0 saturated heterocycles. The average Bonchev–Trinajstić information content (AvgIpc) is 2.43. The Morgan fingerprint density at radius 2 is 1.20 bits per heavy atom. The molecule has 114 valence electrons. The minimum Gasteiger partial charge on any atom is -0.481 e. The fourth-order valence-corrected chi connectivity index (χ4v) is 1.80. The average molecular weight is 278 g/mol. The zero-order valence-electron chi connectivity index (χ0n) is 12.9. The maximum absolute atomic E-state index is 10.3. The molecule has 1 N–H and O–H groups in total. The van der Waals surface area contributed by atoms with Gasteiger partial charge >= 0.3 is 5.97 Å². The van der Waals surface area contributed by atoms with E-state index < -0.39 is 5.97 Å². The van der Waals surface area contributed by atoms with Crippen molar-refractivity contribution in [3.05, 3.63) is 36.5 Å². The predicted octanol–water partition coefficient (Wildman–Crippen LogP) is 5.66. The van der Waals surface area contributed by atoms with Crippen LogP contribution in [0.1, 0.15) is 71.1 Å². The van der Waals surface area contributed by atoms with Gasteiger partial charge in [-0.05, 0) is 51.4 Å². The Hall–Kier alpha value is -1.31. The minimum atomic E-state index is -0.691. The van der Waals surface area contributed by atoms with Gasteiger partial charge in [-0.15, -0.1) is 0 Å². The van der Waals surface area contributed by atoms with Crippen LogP contribution >= 0.6 is 0 Å². The molecule has 0 unspecified atom stereocenters. The van der Waals surface area contributed by atoms with Crippen molar-refractivity contribution in [3.8, 4) is 0 Å². The topological polar surface area (TPSA) is 37.3 Å². The summed E-state index contributed by atoms with van der Waals surface area (Å²) >= 11 is 0. The second-order valence-electron chi connectivity index (χ2n) is 5.00. The summed E-state index contributed by atoms with van der Waals surface area (Å²) in [4.78, 5) is 10.3. The summed E-state index contributed by atoms with van der Waals surface area (Å²) in [7, 11) is 0. The molecule has 0 bridgehead atoms. The fourth-order valence-electron chi connectivity index (χ4n) is 1.80. The van der Waals surface area contributed by atoms with Crippen molar-refractivity contribution < 1.29 is 9.90 Å². The number of hydrogen-bond donors (Lipinski definition) is 1. The number of aliphatic carboxylic acids is 1. The number of carboxylic acids is 1. The highest BCUT2D eigenvalue weighted by molar-refractivity contribution is 5.66. The van der Waals surface area contributed by atoms with Gasteiger partial charge in [-0.25, -0.2) is 0 Å². The standard InChI is InChI=1S/C18H30O2/c1-2-3-4-5-6-7-8-9-10-11-12-13-14-15-16-17-18(19)20/h4-5,8-9,12-13H,2-3,6-7,10-11,14-17H2,1H3,(H,19,20)/b5-4+,9-8+,13-12+. The molecule has 0 rings (SSSR count). The quantitative estimate of drug-likeness (QED) is 0.348. The van der Waals surface area contributed by atoms with Gasteiger partial charge in [0.15, 0.2) is 0 Å². The first-order valence-corrected chi connectivity index (χ1v) is 7.94. The largest absolute Gasteiger partial charge is 0.481 e. The van der Waals surface area contributed by atoms with Crippen molar-refractivity contribution in [2.24, 2.45) is 0 Å². The van der Waals surface area contributed by atoms with Crippen LogP contribution in [0.2, 0.25) is 0 Å². The van der Waals surface area contributed by atoms with Gasteiger partial charge in [0.1, 0.15) is 0 Å². The van der Waals surface area contributed by atoms with Crippen molar-refractivity contribution in [2.75, 3.05) is 0 Å². The first-order chi connectivity index (χ1) is 9.77. The summed E-state index contributed by atoms with van der Waals surface area (Å²) < 4.78 is 0. The van der Waals surface area contributed by atoms with E-state index >= 15 is 0 Å². The van der Waals surface area contributed by atoms with Crippen LogP contribution in [0.3, 0.4) is 0 Å². The number of unbranched alkanes of at least 4 members (excludes halogenated alkanes) is 5. The van der Waals surface area contributed by atoms with Crippen molar-refractivity contribution >= 4 is 5.97 Å². The molecule has 0 aliphatic rings. The molecule has 20 heavy (non-hydrogen) atoms. The lowest BCUT2D eigenvalue weighted by atomic mass is 10.1. The minimum absolute atomic E-state index is 0.295. The van der Waals surface area contributed by atoms with Crippen LogP contribution in [-0.2, 0) is 4.79 Å². The molecule has 0 aromatic heterocycles. The van der Waals surface area contributed by atoms with Crippen LogP contribution in [-0.4, -0.2) is 11.1 Å². The molecule has 0 aromatic rings. The van der Waals surface area contributed by atoms with E-state index in [4.69, 9.17) is 5.11 Å². The smallest absolute Gasteiger partial charge is 0.303 e. The molecule has 0 fully saturated rings. The van der Waals surface area contributed by atoms with Crippen molar-refractivity contribution in [1.82, 2.24) is 0 Å². The van der Waals surface area contributed by atoms with Crippen LogP contribution in [0, 0.1) is 0 Å². The number of allylic oxidation sites excluding steroid dienone is 6. The van der Waals surface area contributed by atoms with E-state index in [1.165, 1.54) is 12.8 Å². The van der Waals surface area contributed by atoms with Gasteiger partial charge in [0.05, 0.1) is 0 Å². The predicted molar refractivity (Wildman–Crippen MR) is 86.9 cm³/mol. The lowest BCUT2D eigenvalue weighted by molar-refractivity contribution is -0.137. The third kappa shape index (κ3) is 16.7. The van der Waals surface area contributed by atoms with E-state index in [0.717, 1.165) is 44.9 Å². The molecule has 0 amide bonds. The lowest BCUT2D eigenvalue weighted by Crippen LogP contribution is -1.92. The highest BCUT2D eigenvalue weighted by Gasteiger charge is 1.93. The normalized spacial score (nSPS) is 12.1. The molecule has 0 spiro atoms. The van der Waals surface area contributed by atoms with Gasteiger partial charge in [-0.2, -0.15) is 0 Å². The SMILES string of the molecule is CCC/C=C/CC/C=C/CC/C=C/CCCCC(=O)O. The monoisotopic (exact) mass is 278 g/mol. The van der Waals surface area contributed by atoms with E-state index in [-0.39, 0.29) is 0 Å². The number of carboxylic acid groups (broad SMARTS) is 1. The highest BCUT2D eigenvalue weighted by atomic mass is 16.4. The van der Waals surface area contributed by atoms with Crippen LogP contribution in [0.4, 0.5) is 0 Å². The van der Waals surface area contributed by atoms with Gasteiger partial charge in [0.2, 0.25) is 0 Å². The number of hydrogen-bond acceptors (Lipinski definition) is 1. The van der Waals surface area contributed by atoms with Crippen molar-refractivity contribution in [3.63, 3.8) is 0 Å². The van der Waals surface area contributed by atoms with E-state index in [2.05, 4.69) is 43.4 Å². The number of rotatable bonds is 13. The molecule has 2 nitrogen and oxygen atoms in total. The van der Waals surface area contributed by atoms with Crippen molar-refractivity contribution in [2.45, 2.75) is 71.1 Å². The second-order valence-corrected chi connectivity index (χ2v) is 5.00. The first kappa shape index (κ1) is 18.7. The van der Waals surface area contributed by atoms with Crippen LogP contribution in [0.15, 0.2) is 36.5 Å². The zero-order chi connectivity index (χ0) is 14.9. The molecular formula is C18H30O2. The van der Waals surface area contributed by atoms with Crippen LogP contribution < -0.4 is 0 Å². The molecule has 0 aromatic carbocycles. The Balaban J connectivity index is 3.27. The van der Waals surface area contributed by atoms with Crippen LogP contribution in [0.5, 0.6) is 0 Å². The van der Waals surface area contributed by atoms with Gasteiger partial charge in [-0.3, -0.25) is 4.79 Å². The highest BCUT2D eigenvalue weighted by Crippen LogP contribution is 2.03. The Bertz CT molecular complexity index is 301. The maximum Gasteiger partial charge on any atom is 0.303 e. The van der Waals surface area contributed by atoms with E-state index in [1.807, 2.05) is 0 Å². The molecule has 0 saturated carbocycles. The first-order valence-electron chi connectivity index (χ1n) is 7.94. The molecule has 2 heteroatoms. The molecule has 0 atom stereocenters. The summed E-state index contributed by atoms with van der Waals surface area (Å²) in [5.41, 5.74) is 0. The molecule has 0 radical (unpaired) electrons. The second kappa shape index (κ2) is 15.7. The summed E-state index contributed by atoms with van der Waals surface area (Å²) in [5.74, 6) is -0.691. The van der Waals surface area contributed by atoms with Gasteiger partial charge < -0.3 is 5.11 Å². The zero-order valence-corrected chi connectivity index (χ0v) is 12.9. The number of carbonyl (C=O) groups is 1. The molecule has 0 heterocycles. The Morgan fingerprint density at radius 3 is 1.65 bits per heavy atom. The third-order valence-electron chi connectivity index (χ3n) is 2.97. The maximum atomic E-state index is 10.3. The fraction of sp³-hybridized carbons (Fsp3) is 0.611. The molecule has 0 aliphatic carbocycles. The van der Waals surface area contributed by atoms with Gasteiger partial charge in [0, 0.05) is 6.42 Å².